The van der Waals surface area contributed by atoms with Gasteiger partial charge in [0.2, 0.25) is 0 Å². The molecule has 3 atom stereocenters. The Morgan fingerprint density at radius 3 is 3.08 bits per heavy atom. The lowest BCUT2D eigenvalue weighted by Crippen LogP contribution is -2.28. The van der Waals surface area contributed by atoms with E-state index in [1.165, 1.54) is 25.7 Å². The first-order valence-electron chi connectivity index (χ1n) is 9.11. The minimum Gasteiger partial charge on any atom is -0.376 e. The summed E-state index contributed by atoms with van der Waals surface area (Å²) < 4.78 is 14.1. The van der Waals surface area contributed by atoms with Crippen molar-refractivity contribution < 1.29 is 9.47 Å². The van der Waals surface area contributed by atoms with E-state index in [1.807, 2.05) is 24.5 Å². The van der Waals surface area contributed by atoms with Crippen LogP contribution in [0.1, 0.15) is 38.5 Å². The molecular formula is C19H25ClN2O2. The Kier molecular flexibility index (Phi) is 5.06. The van der Waals surface area contributed by atoms with Crippen LogP contribution in [-0.4, -0.2) is 35.0 Å². The topological polar surface area (TPSA) is 36.3 Å². The summed E-state index contributed by atoms with van der Waals surface area (Å²) in [4.78, 5) is 4.49. The third kappa shape index (κ3) is 3.76. The third-order valence-corrected chi connectivity index (χ3v) is 5.55. The average Bonchev–Trinajstić information content (AvgIpc) is 3.24. The van der Waals surface area contributed by atoms with Crippen molar-refractivity contribution in [3.8, 4) is 0 Å². The SMILES string of the molecule is Clc1ccc2ncn(C[C@@H]3CCC[C@H](OC[C@@H]4CCCO4)C3)c2c1. The second kappa shape index (κ2) is 7.42. The average molecular weight is 349 g/mol. The summed E-state index contributed by atoms with van der Waals surface area (Å²) in [5.41, 5.74) is 2.14. The minimum absolute atomic E-state index is 0.324. The lowest BCUT2D eigenvalue weighted by Gasteiger charge is -2.30. The Labute approximate surface area is 148 Å². The third-order valence-electron chi connectivity index (χ3n) is 5.31. The second-order valence-corrected chi connectivity index (χ2v) is 7.59. The number of hydrogen-bond acceptors (Lipinski definition) is 3. The normalized spacial score (nSPS) is 27.8. The Morgan fingerprint density at radius 2 is 2.21 bits per heavy atom. The number of imidazole rings is 1. The molecule has 1 aliphatic carbocycles. The molecule has 0 radical (unpaired) electrons. The van der Waals surface area contributed by atoms with Gasteiger partial charge in [-0.15, -0.1) is 0 Å². The van der Waals surface area contributed by atoms with E-state index in [2.05, 4.69) is 9.55 Å². The Hall–Kier alpha value is -1.10. The number of benzene rings is 1. The highest BCUT2D eigenvalue weighted by atomic mass is 35.5. The maximum atomic E-state index is 6.15. The molecule has 1 saturated heterocycles. The Bertz CT molecular complexity index is 681. The van der Waals surface area contributed by atoms with Gasteiger partial charge < -0.3 is 14.0 Å². The van der Waals surface area contributed by atoms with Crippen LogP contribution in [0.15, 0.2) is 24.5 Å². The zero-order chi connectivity index (χ0) is 16.4. The highest BCUT2D eigenvalue weighted by Crippen LogP contribution is 2.29. The van der Waals surface area contributed by atoms with Gasteiger partial charge in [-0.1, -0.05) is 18.0 Å². The number of hydrogen-bond donors (Lipinski definition) is 0. The van der Waals surface area contributed by atoms with E-state index in [0.717, 1.165) is 48.7 Å². The molecule has 0 unspecified atom stereocenters. The molecule has 1 aromatic heterocycles. The quantitative estimate of drug-likeness (QED) is 0.801. The molecule has 1 aliphatic heterocycles. The van der Waals surface area contributed by atoms with Crippen molar-refractivity contribution in [2.75, 3.05) is 13.2 Å². The molecule has 1 aromatic carbocycles. The lowest BCUT2D eigenvalue weighted by molar-refractivity contribution is -0.0414. The first-order valence-corrected chi connectivity index (χ1v) is 9.49. The van der Waals surface area contributed by atoms with Crippen molar-refractivity contribution in [1.29, 1.82) is 0 Å². The fourth-order valence-electron chi connectivity index (χ4n) is 4.03. The van der Waals surface area contributed by atoms with Crippen molar-refractivity contribution in [1.82, 2.24) is 9.55 Å². The first-order chi connectivity index (χ1) is 11.8. The van der Waals surface area contributed by atoms with Gasteiger partial charge in [-0.3, -0.25) is 0 Å². The molecular weight excluding hydrogens is 324 g/mol. The minimum atomic E-state index is 0.324. The monoisotopic (exact) mass is 348 g/mol. The zero-order valence-corrected chi connectivity index (χ0v) is 14.8. The summed E-state index contributed by atoms with van der Waals surface area (Å²) in [6.07, 6.45) is 9.80. The van der Waals surface area contributed by atoms with Gasteiger partial charge in [0.05, 0.1) is 36.2 Å². The number of fused-ring (bicyclic) bond motifs is 1. The van der Waals surface area contributed by atoms with Gasteiger partial charge in [-0.05, 0) is 56.2 Å². The van der Waals surface area contributed by atoms with E-state index < -0.39 is 0 Å². The van der Waals surface area contributed by atoms with Gasteiger partial charge in [-0.25, -0.2) is 4.98 Å². The Balaban J connectivity index is 1.36. The predicted octanol–water partition coefficient (Wildman–Crippen LogP) is 4.44. The summed E-state index contributed by atoms with van der Waals surface area (Å²) in [5, 5.41) is 0.769. The number of rotatable bonds is 5. The maximum absolute atomic E-state index is 6.15. The molecule has 2 heterocycles. The van der Waals surface area contributed by atoms with Crippen LogP contribution in [0.3, 0.4) is 0 Å². The van der Waals surface area contributed by atoms with Gasteiger partial charge in [-0.2, -0.15) is 0 Å². The molecule has 24 heavy (non-hydrogen) atoms. The fraction of sp³-hybridized carbons (Fsp3) is 0.632. The number of nitrogens with zero attached hydrogens (tertiary/aromatic N) is 2. The van der Waals surface area contributed by atoms with Crippen LogP contribution in [0.4, 0.5) is 0 Å². The van der Waals surface area contributed by atoms with Crippen LogP contribution in [0.25, 0.3) is 11.0 Å². The summed E-state index contributed by atoms with van der Waals surface area (Å²) >= 11 is 6.14. The molecule has 4 rings (SSSR count). The summed E-state index contributed by atoms with van der Waals surface area (Å²) in [6.45, 7) is 2.66. The molecule has 5 heteroatoms. The molecule has 130 valence electrons. The molecule has 2 aliphatic rings. The number of aromatic nitrogens is 2. The molecule has 1 saturated carbocycles. The van der Waals surface area contributed by atoms with E-state index >= 15 is 0 Å². The van der Waals surface area contributed by atoms with E-state index in [9.17, 15) is 0 Å². The molecule has 0 spiro atoms. The van der Waals surface area contributed by atoms with Gasteiger partial charge in [0.25, 0.3) is 0 Å². The smallest absolute Gasteiger partial charge is 0.0958 e. The molecule has 0 amide bonds. The van der Waals surface area contributed by atoms with Crippen molar-refractivity contribution in [3.63, 3.8) is 0 Å². The molecule has 4 nitrogen and oxygen atoms in total. The highest BCUT2D eigenvalue weighted by Gasteiger charge is 2.25. The van der Waals surface area contributed by atoms with E-state index in [0.29, 0.717) is 18.1 Å². The van der Waals surface area contributed by atoms with Gasteiger partial charge in [0.15, 0.2) is 0 Å². The largest absolute Gasteiger partial charge is 0.376 e. The summed E-state index contributed by atoms with van der Waals surface area (Å²) in [7, 11) is 0. The van der Waals surface area contributed by atoms with Gasteiger partial charge in [0.1, 0.15) is 0 Å². The molecule has 0 bridgehead atoms. The van der Waals surface area contributed by atoms with Crippen LogP contribution < -0.4 is 0 Å². The van der Waals surface area contributed by atoms with E-state index in [1.54, 1.807) is 0 Å². The standard InChI is InChI=1S/C19H25ClN2O2/c20-15-6-7-18-19(10-15)22(13-21-18)11-14-3-1-4-16(9-14)24-12-17-5-2-8-23-17/h6-7,10,13-14,16-17H,1-5,8-9,11-12H2/t14-,16+,17+/m1/s1. The van der Waals surface area contributed by atoms with Crippen molar-refractivity contribution >= 4 is 22.6 Å². The van der Waals surface area contributed by atoms with Gasteiger partial charge >= 0.3 is 0 Å². The summed E-state index contributed by atoms with van der Waals surface area (Å²) in [6, 6.07) is 5.90. The number of halogens is 1. The van der Waals surface area contributed by atoms with E-state index in [-0.39, 0.29) is 0 Å². The maximum Gasteiger partial charge on any atom is 0.0958 e. The second-order valence-electron chi connectivity index (χ2n) is 7.15. The van der Waals surface area contributed by atoms with Crippen molar-refractivity contribution in [3.05, 3.63) is 29.5 Å². The first kappa shape index (κ1) is 16.4. The van der Waals surface area contributed by atoms with Crippen molar-refractivity contribution in [2.24, 2.45) is 5.92 Å². The zero-order valence-electron chi connectivity index (χ0n) is 14.0. The summed E-state index contributed by atoms with van der Waals surface area (Å²) in [5.74, 6) is 0.643. The number of ether oxygens (including phenoxy) is 2. The lowest BCUT2D eigenvalue weighted by atomic mass is 9.87. The van der Waals surface area contributed by atoms with Crippen LogP contribution in [0.2, 0.25) is 5.02 Å². The fourth-order valence-corrected chi connectivity index (χ4v) is 4.20. The van der Waals surface area contributed by atoms with Crippen LogP contribution in [-0.2, 0) is 16.0 Å². The van der Waals surface area contributed by atoms with Crippen molar-refractivity contribution in [2.45, 2.75) is 57.3 Å². The van der Waals surface area contributed by atoms with E-state index in [4.69, 9.17) is 21.1 Å². The van der Waals surface area contributed by atoms with Crippen LogP contribution >= 0.6 is 11.6 Å². The molecule has 0 N–H and O–H groups in total. The molecule has 2 aromatic rings. The molecule has 2 fully saturated rings. The van der Waals surface area contributed by atoms with Crippen LogP contribution in [0.5, 0.6) is 0 Å². The highest BCUT2D eigenvalue weighted by molar-refractivity contribution is 6.31. The van der Waals surface area contributed by atoms with Crippen LogP contribution in [0, 0.1) is 5.92 Å². The predicted molar refractivity (Wildman–Crippen MR) is 95.4 cm³/mol. The Morgan fingerprint density at radius 1 is 1.25 bits per heavy atom. The van der Waals surface area contributed by atoms with Gasteiger partial charge in [0, 0.05) is 18.2 Å².